The Morgan fingerprint density at radius 3 is 2.42 bits per heavy atom. The second-order valence-corrected chi connectivity index (χ2v) is 6.51. The Hall–Kier alpha value is -0.900. The van der Waals surface area contributed by atoms with E-state index in [4.69, 9.17) is 11.6 Å². The van der Waals surface area contributed by atoms with Crippen LogP contribution in [0, 0.1) is 5.82 Å². The van der Waals surface area contributed by atoms with Gasteiger partial charge in [-0.15, -0.1) is 11.3 Å². The highest BCUT2D eigenvalue weighted by Gasteiger charge is 2.11. The maximum Gasteiger partial charge on any atom is 0.123 e. The summed E-state index contributed by atoms with van der Waals surface area (Å²) in [6.07, 6.45) is 0.879. The van der Waals surface area contributed by atoms with Crippen LogP contribution in [0.5, 0.6) is 0 Å². The van der Waals surface area contributed by atoms with Crippen molar-refractivity contribution in [1.29, 1.82) is 0 Å². The van der Waals surface area contributed by atoms with Crippen molar-refractivity contribution in [3.05, 3.63) is 57.0 Å². The van der Waals surface area contributed by atoms with Gasteiger partial charge in [0, 0.05) is 17.0 Å². The summed E-state index contributed by atoms with van der Waals surface area (Å²) >= 11 is 7.54. The predicted octanol–water partition coefficient (Wildman–Crippen LogP) is 4.82. The van der Waals surface area contributed by atoms with E-state index in [1.165, 1.54) is 17.0 Å². The predicted molar refractivity (Wildman–Crippen MR) is 80.4 cm³/mol. The Bertz CT molecular complexity index is 523. The number of benzene rings is 1. The molecule has 0 saturated heterocycles. The lowest BCUT2D eigenvalue weighted by Gasteiger charge is -2.19. The number of nitrogens with one attached hydrogen (secondary N) is 1. The van der Waals surface area contributed by atoms with Gasteiger partial charge in [0.2, 0.25) is 0 Å². The van der Waals surface area contributed by atoms with E-state index in [9.17, 15) is 4.39 Å². The molecule has 0 bridgehead atoms. The third kappa shape index (κ3) is 4.30. The van der Waals surface area contributed by atoms with E-state index in [1.54, 1.807) is 11.3 Å². The lowest BCUT2D eigenvalue weighted by atomic mass is 10.1. The smallest absolute Gasteiger partial charge is 0.123 e. The fourth-order valence-electron chi connectivity index (χ4n) is 2.10. The second-order valence-electron chi connectivity index (χ2n) is 4.76. The van der Waals surface area contributed by atoms with Gasteiger partial charge in [-0.05, 0) is 50.1 Å². The maximum atomic E-state index is 12.8. The summed E-state index contributed by atoms with van der Waals surface area (Å²) in [7, 11) is 0. The zero-order valence-corrected chi connectivity index (χ0v) is 12.6. The van der Waals surface area contributed by atoms with Gasteiger partial charge in [-0.1, -0.05) is 23.7 Å². The highest BCUT2D eigenvalue weighted by molar-refractivity contribution is 7.16. The first-order valence-electron chi connectivity index (χ1n) is 6.30. The number of hydrogen-bond acceptors (Lipinski definition) is 2. The average Bonchev–Trinajstić information content (AvgIpc) is 2.79. The molecule has 0 fully saturated rings. The molecular formula is C15H17ClFNS. The van der Waals surface area contributed by atoms with Crippen LogP contribution >= 0.6 is 22.9 Å². The lowest BCUT2D eigenvalue weighted by molar-refractivity contribution is 0.481. The summed E-state index contributed by atoms with van der Waals surface area (Å²) in [6.45, 7) is 4.26. The third-order valence-electron chi connectivity index (χ3n) is 3.01. The Labute approximate surface area is 122 Å². The Morgan fingerprint density at radius 2 is 1.84 bits per heavy atom. The van der Waals surface area contributed by atoms with E-state index in [0.717, 1.165) is 16.3 Å². The summed E-state index contributed by atoms with van der Waals surface area (Å²) in [5.74, 6) is -0.189. The molecule has 0 aliphatic heterocycles. The molecule has 0 spiro atoms. The molecule has 4 heteroatoms. The van der Waals surface area contributed by atoms with Gasteiger partial charge in [-0.3, -0.25) is 0 Å². The quantitative estimate of drug-likeness (QED) is 0.834. The molecule has 1 N–H and O–H groups in total. The van der Waals surface area contributed by atoms with Gasteiger partial charge >= 0.3 is 0 Å². The van der Waals surface area contributed by atoms with E-state index in [0.29, 0.717) is 6.04 Å². The van der Waals surface area contributed by atoms with Gasteiger partial charge in [-0.2, -0.15) is 0 Å². The molecule has 102 valence electrons. The fourth-order valence-corrected chi connectivity index (χ4v) is 3.18. The molecule has 2 rings (SSSR count). The van der Waals surface area contributed by atoms with Gasteiger partial charge in [0.1, 0.15) is 5.82 Å². The van der Waals surface area contributed by atoms with Gasteiger partial charge in [0.15, 0.2) is 0 Å². The van der Waals surface area contributed by atoms with Gasteiger partial charge in [-0.25, -0.2) is 4.39 Å². The molecule has 1 nitrogen and oxygen atoms in total. The van der Waals surface area contributed by atoms with Crippen molar-refractivity contribution in [1.82, 2.24) is 5.32 Å². The summed E-state index contributed by atoms with van der Waals surface area (Å²) in [4.78, 5) is 1.23. The molecule has 0 aliphatic carbocycles. The van der Waals surface area contributed by atoms with E-state index in [2.05, 4.69) is 25.2 Å². The van der Waals surface area contributed by atoms with Gasteiger partial charge < -0.3 is 5.32 Å². The molecule has 1 aromatic carbocycles. The molecule has 0 radical (unpaired) electrons. The second kappa shape index (κ2) is 6.51. The SMILES string of the molecule is CC(Cc1ccc(F)cc1)NC(C)c1ccc(Cl)s1. The van der Waals surface area contributed by atoms with E-state index < -0.39 is 0 Å². The van der Waals surface area contributed by atoms with Crippen molar-refractivity contribution in [2.24, 2.45) is 0 Å². The van der Waals surface area contributed by atoms with Crippen LogP contribution in [0.25, 0.3) is 0 Å². The van der Waals surface area contributed by atoms with Crippen LogP contribution in [0.1, 0.15) is 30.3 Å². The topological polar surface area (TPSA) is 12.0 Å². The van der Waals surface area contributed by atoms with Crippen molar-refractivity contribution in [3.63, 3.8) is 0 Å². The first-order chi connectivity index (χ1) is 9.04. The Kier molecular flexibility index (Phi) is 4.97. The number of thiophene rings is 1. The van der Waals surface area contributed by atoms with Crippen LogP contribution in [0.3, 0.4) is 0 Å². The van der Waals surface area contributed by atoms with E-state index >= 15 is 0 Å². The molecule has 19 heavy (non-hydrogen) atoms. The summed E-state index contributed by atoms with van der Waals surface area (Å²) in [6, 6.07) is 11.2. The number of hydrogen-bond donors (Lipinski definition) is 1. The molecule has 0 aliphatic rings. The van der Waals surface area contributed by atoms with Crippen LogP contribution in [-0.2, 0) is 6.42 Å². The summed E-state index contributed by atoms with van der Waals surface area (Å²) in [5.41, 5.74) is 1.14. The zero-order valence-electron chi connectivity index (χ0n) is 11.0. The number of halogens is 2. The standard InChI is InChI=1S/C15H17ClFNS/c1-10(9-12-3-5-13(17)6-4-12)18-11(2)14-7-8-15(16)19-14/h3-8,10-11,18H,9H2,1-2H3. The van der Waals surface area contributed by atoms with Crippen molar-refractivity contribution >= 4 is 22.9 Å². The van der Waals surface area contributed by atoms with E-state index in [1.807, 2.05) is 18.2 Å². The van der Waals surface area contributed by atoms with Crippen molar-refractivity contribution < 1.29 is 4.39 Å². The van der Waals surface area contributed by atoms with Gasteiger partial charge in [0.05, 0.1) is 4.34 Å². The Balaban J connectivity index is 1.90. The molecule has 0 amide bonds. The normalized spacial score (nSPS) is 14.3. The van der Waals surface area contributed by atoms with Crippen molar-refractivity contribution in [2.75, 3.05) is 0 Å². The number of rotatable bonds is 5. The largest absolute Gasteiger partial charge is 0.307 e. The molecule has 1 heterocycles. The fraction of sp³-hybridized carbons (Fsp3) is 0.333. The minimum atomic E-state index is -0.189. The molecule has 2 atom stereocenters. The van der Waals surface area contributed by atoms with Crippen molar-refractivity contribution in [3.8, 4) is 0 Å². The third-order valence-corrected chi connectivity index (χ3v) is 4.42. The molecule has 0 saturated carbocycles. The first kappa shape index (κ1) is 14.5. The van der Waals surface area contributed by atoms with Crippen molar-refractivity contribution in [2.45, 2.75) is 32.4 Å². The molecule has 2 unspecified atom stereocenters. The molecule has 2 aromatic rings. The maximum absolute atomic E-state index is 12.8. The minimum absolute atomic E-state index is 0.189. The highest BCUT2D eigenvalue weighted by atomic mass is 35.5. The zero-order chi connectivity index (χ0) is 13.8. The summed E-state index contributed by atoms with van der Waals surface area (Å²) in [5, 5.41) is 3.53. The minimum Gasteiger partial charge on any atom is -0.307 e. The summed E-state index contributed by atoms with van der Waals surface area (Å²) < 4.78 is 13.6. The van der Waals surface area contributed by atoms with Gasteiger partial charge in [0.25, 0.3) is 0 Å². The highest BCUT2D eigenvalue weighted by Crippen LogP contribution is 2.27. The molecular weight excluding hydrogens is 281 g/mol. The van der Waals surface area contributed by atoms with Crippen LogP contribution in [0.2, 0.25) is 4.34 Å². The average molecular weight is 298 g/mol. The monoisotopic (exact) mass is 297 g/mol. The van der Waals surface area contributed by atoms with Crippen LogP contribution in [0.15, 0.2) is 36.4 Å². The van der Waals surface area contributed by atoms with Crippen LogP contribution in [0.4, 0.5) is 4.39 Å². The molecule has 1 aromatic heterocycles. The van der Waals surface area contributed by atoms with Crippen LogP contribution in [-0.4, -0.2) is 6.04 Å². The first-order valence-corrected chi connectivity index (χ1v) is 7.50. The van der Waals surface area contributed by atoms with Crippen LogP contribution < -0.4 is 5.32 Å². The lowest BCUT2D eigenvalue weighted by Crippen LogP contribution is -2.30. The Morgan fingerprint density at radius 1 is 1.16 bits per heavy atom. The van der Waals surface area contributed by atoms with E-state index in [-0.39, 0.29) is 11.9 Å².